The third-order valence-corrected chi connectivity index (χ3v) is 5.77. The lowest BCUT2D eigenvalue weighted by atomic mass is 10.1. The first-order valence-corrected chi connectivity index (χ1v) is 11.7. The minimum atomic E-state index is -0.472. The summed E-state index contributed by atoms with van der Waals surface area (Å²) in [5.74, 6) is 0.566. The van der Waals surface area contributed by atoms with E-state index in [1.807, 2.05) is 79.7 Å². The fourth-order valence-corrected chi connectivity index (χ4v) is 3.84. The van der Waals surface area contributed by atoms with Crippen molar-refractivity contribution in [2.45, 2.75) is 20.0 Å². The zero-order valence-corrected chi connectivity index (χ0v) is 20.1. The molecule has 1 fully saturated rings. The highest BCUT2D eigenvalue weighted by Gasteiger charge is 2.35. The van der Waals surface area contributed by atoms with Crippen LogP contribution in [-0.2, 0) is 16.2 Å². The SMILES string of the molecule is CCOc1ccc(N2C[C@@H](C(=O)N/N=C\c3cccc(OCc4ccc(Cl)cc4)c3)CC2=O)cc1. The van der Waals surface area contributed by atoms with Crippen molar-refractivity contribution < 1.29 is 19.1 Å². The number of carbonyl (C=O) groups excluding carboxylic acids is 2. The zero-order valence-electron chi connectivity index (χ0n) is 19.3. The molecule has 0 aliphatic carbocycles. The summed E-state index contributed by atoms with van der Waals surface area (Å²) < 4.78 is 11.3. The topological polar surface area (TPSA) is 80.2 Å². The van der Waals surface area contributed by atoms with Crippen LogP contribution in [0.2, 0.25) is 5.02 Å². The summed E-state index contributed by atoms with van der Waals surface area (Å²) in [5.41, 5.74) is 5.08. The molecule has 4 rings (SSSR count). The Kier molecular flexibility index (Phi) is 8.00. The maximum Gasteiger partial charge on any atom is 0.245 e. The van der Waals surface area contributed by atoms with Crippen LogP contribution in [-0.4, -0.2) is 31.2 Å². The second-order valence-corrected chi connectivity index (χ2v) is 8.49. The number of hydrogen-bond acceptors (Lipinski definition) is 5. The third-order valence-electron chi connectivity index (χ3n) is 5.52. The summed E-state index contributed by atoms with van der Waals surface area (Å²) >= 11 is 5.91. The smallest absolute Gasteiger partial charge is 0.245 e. The van der Waals surface area contributed by atoms with Gasteiger partial charge in [0.25, 0.3) is 0 Å². The summed E-state index contributed by atoms with van der Waals surface area (Å²) in [6.45, 7) is 3.21. The number of carbonyl (C=O) groups is 2. The predicted octanol–water partition coefficient (Wildman–Crippen LogP) is 4.82. The monoisotopic (exact) mass is 491 g/mol. The molecule has 3 aromatic carbocycles. The number of anilines is 1. The number of halogens is 1. The highest BCUT2D eigenvalue weighted by molar-refractivity contribution is 6.30. The molecule has 1 saturated heterocycles. The molecule has 2 amide bonds. The summed E-state index contributed by atoms with van der Waals surface area (Å²) in [7, 11) is 0. The molecule has 35 heavy (non-hydrogen) atoms. The molecule has 1 aliphatic heterocycles. The molecular weight excluding hydrogens is 466 g/mol. The van der Waals surface area contributed by atoms with Crippen molar-refractivity contribution >= 4 is 35.3 Å². The number of hydrogen-bond donors (Lipinski definition) is 1. The van der Waals surface area contributed by atoms with Crippen molar-refractivity contribution in [3.05, 3.63) is 88.9 Å². The molecule has 0 unspecified atom stereocenters. The van der Waals surface area contributed by atoms with Gasteiger partial charge in [-0.05, 0) is 66.6 Å². The highest BCUT2D eigenvalue weighted by atomic mass is 35.5. The molecule has 3 aromatic rings. The average molecular weight is 492 g/mol. The maximum atomic E-state index is 12.6. The van der Waals surface area contributed by atoms with Gasteiger partial charge >= 0.3 is 0 Å². The number of hydrazone groups is 1. The number of benzene rings is 3. The first-order chi connectivity index (χ1) is 17.0. The van der Waals surface area contributed by atoms with Gasteiger partial charge in [-0.25, -0.2) is 5.43 Å². The number of nitrogens with zero attached hydrogens (tertiary/aromatic N) is 2. The van der Waals surface area contributed by atoms with Gasteiger partial charge in [-0.2, -0.15) is 5.10 Å². The second kappa shape index (κ2) is 11.5. The van der Waals surface area contributed by atoms with E-state index in [0.717, 1.165) is 22.6 Å². The molecule has 7 nitrogen and oxygen atoms in total. The molecular formula is C27H26ClN3O4. The Hall–Kier alpha value is -3.84. The van der Waals surface area contributed by atoms with Crippen LogP contribution in [0.3, 0.4) is 0 Å². The fraction of sp³-hybridized carbons (Fsp3) is 0.222. The van der Waals surface area contributed by atoms with Crippen molar-refractivity contribution in [3.63, 3.8) is 0 Å². The van der Waals surface area contributed by atoms with E-state index in [4.69, 9.17) is 21.1 Å². The first-order valence-electron chi connectivity index (χ1n) is 11.4. The normalized spacial score (nSPS) is 15.4. The van der Waals surface area contributed by atoms with Crippen LogP contribution in [0, 0.1) is 5.92 Å². The number of ether oxygens (including phenoxy) is 2. The molecule has 0 saturated carbocycles. The number of rotatable bonds is 9. The Morgan fingerprint density at radius 2 is 1.86 bits per heavy atom. The molecule has 0 spiro atoms. The minimum Gasteiger partial charge on any atom is -0.494 e. The molecule has 8 heteroatoms. The fourth-order valence-electron chi connectivity index (χ4n) is 3.72. The van der Waals surface area contributed by atoms with Crippen LogP contribution in [0.4, 0.5) is 5.69 Å². The van der Waals surface area contributed by atoms with Crippen LogP contribution < -0.4 is 19.8 Å². The largest absolute Gasteiger partial charge is 0.494 e. The molecule has 1 heterocycles. The quantitative estimate of drug-likeness (QED) is 0.344. The van der Waals surface area contributed by atoms with Crippen molar-refractivity contribution in [2.75, 3.05) is 18.1 Å². The van der Waals surface area contributed by atoms with Crippen molar-refractivity contribution in [1.82, 2.24) is 5.43 Å². The second-order valence-electron chi connectivity index (χ2n) is 8.05. The Morgan fingerprint density at radius 3 is 2.60 bits per heavy atom. The van der Waals surface area contributed by atoms with E-state index < -0.39 is 5.92 Å². The summed E-state index contributed by atoms with van der Waals surface area (Å²) in [6, 6.07) is 22.1. The molecule has 0 bridgehead atoms. The summed E-state index contributed by atoms with van der Waals surface area (Å²) in [4.78, 5) is 26.7. The van der Waals surface area contributed by atoms with Gasteiger partial charge in [-0.1, -0.05) is 35.9 Å². The summed E-state index contributed by atoms with van der Waals surface area (Å²) in [6.07, 6.45) is 1.69. The van der Waals surface area contributed by atoms with Crippen molar-refractivity contribution in [2.24, 2.45) is 11.0 Å². The lowest BCUT2D eigenvalue weighted by molar-refractivity contribution is -0.126. The van der Waals surface area contributed by atoms with Gasteiger partial charge in [0.2, 0.25) is 11.8 Å². The Labute approximate surface area is 209 Å². The molecule has 0 radical (unpaired) electrons. The van der Waals surface area contributed by atoms with Crippen LogP contribution in [0.15, 0.2) is 77.9 Å². The lowest BCUT2D eigenvalue weighted by Gasteiger charge is -2.17. The van der Waals surface area contributed by atoms with E-state index >= 15 is 0 Å². The Balaban J connectivity index is 1.29. The van der Waals surface area contributed by atoms with Crippen molar-refractivity contribution in [1.29, 1.82) is 0 Å². The molecule has 0 aromatic heterocycles. The predicted molar refractivity (Wildman–Crippen MR) is 136 cm³/mol. The molecule has 180 valence electrons. The van der Waals surface area contributed by atoms with Crippen LogP contribution >= 0.6 is 11.6 Å². The van der Waals surface area contributed by atoms with Crippen molar-refractivity contribution in [3.8, 4) is 11.5 Å². The van der Waals surface area contributed by atoms with E-state index in [0.29, 0.717) is 30.5 Å². The van der Waals surface area contributed by atoms with E-state index in [1.165, 1.54) is 0 Å². The Morgan fingerprint density at radius 1 is 1.09 bits per heavy atom. The van der Waals surface area contributed by atoms with E-state index in [1.54, 1.807) is 11.1 Å². The van der Waals surface area contributed by atoms with Gasteiger partial charge in [0.15, 0.2) is 0 Å². The first kappa shape index (κ1) is 24.3. The zero-order chi connectivity index (χ0) is 24.6. The molecule has 1 atom stereocenters. The van der Waals surface area contributed by atoms with Gasteiger partial charge in [0, 0.05) is 23.7 Å². The van der Waals surface area contributed by atoms with Gasteiger partial charge in [0.05, 0.1) is 18.7 Å². The summed E-state index contributed by atoms with van der Waals surface area (Å²) in [5, 5.41) is 4.75. The van der Waals surface area contributed by atoms with Crippen LogP contribution in [0.25, 0.3) is 0 Å². The lowest BCUT2D eigenvalue weighted by Crippen LogP contribution is -2.30. The number of nitrogens with one attached hydrogen (secondary N) is 1. The Bertz CT molecular complexity index is 1200. The third kappa shape index (κ3) is 6.61. The van der Waals surface area contributed by atoms with Crippen LogP contribution in [0.5, 0.6) is 11.5 Å². The molecule has 1 aliphatic rings. The van der Waals surface area contributed by atoms with Crippen LogP contribution in [0.1, 0.15) is 24.5 Å². The maximum absolute atomic E-state index is 12.6. The number of amides is 2. The van der Waals surface area contributed by atoms with E-state index in [9.17, 15) is 9.59 Å². The highest BCUT2D eigenvalue weighted by Crippen LogP contribution is 2.27. The van der Waals surface area contributed by atoms with Gasteiger partial charge in [-0.3, -0.25) is 9.59 Å². The van der Waals surface area contributed by atoms with Gasteiger partial charge in [-0.15, -0.1) is 0 Å². The van der Waals surface area contributed by atoms with E-state index in [-0.39, 0.29) is 18.2 Å². The standard InChI is InChI=1S/C27H26ClN3O4/c1-2-34-24-12-10-23(11-13-24)31-17-21(15-26(31)32)27(33)30-29-16-20-4-3-5-25(14-20)35-18-19-6-8-22(28)9-7-19/h3-14,16,21H,2,15,17-18H2,1H3,(H,30,33)/b29-16-/t21-/m0/s1. The van der Waals surface area contributed by atoms with Gasteiger partial charge in [0.1, 0.15) is 18.1 Å². The average Bonchev–Trinajstić information content (AvgIpc) is 3.26. The molecule has 1 N–H and O–H groups in total. The van der Waals surface area contributed by atoms with Gasteiger partial charge < -0.3 is 14.4 Å². The van der Waals surface area contributed by atoms with E-state index in [2.05, 4.69) is 10.5 Å². The minimum absolute atomic E-state index is 0.0937.